The number of nitrogens with one attached hydrogen (secondary N) is 1. The number of alkyl halides is 3. The lowest BCUT2D eigenvalue weighted by Gasteiger charge is -2.53. The Hall–Kier alpha value is -4.38. The molecule has 1 saturated heterocycles. The zero-order valence-electron chi connectivity index (χ0n) is 31.2. The lowest BCUT2D eigenvalue weighted by atomic mass is 9.54. The van der Waals surface area contributed by atoms with Crippen LogP contribution in [0.5, 0.6) is 11.5 Å². The van der Waals surface area contributed by atoms with Gasteiger partial charge in [0.2, 0.25) is 5.91 Å². The van der Waals surface area contributed by atoms with Gasteiger partial charge in [-0.1, -0.05) is 73.7 Å². The number of rotatable bonds is 11. The van der Waals surface area contributed by atoms with Gasteiger partial charge in [0.1, 0.15) is 24.2 Å². The van der Waals surface area contributed by atoms with Crippen LogP contribution >= 0.6 is 0 Å². The first kappa shape index (κ1) is 37.5. The molecule has 8 rings (SSSR count). The first-order valence-electron chi connectivity index (χ1n) is 19.6. The Labute approximate surface area is 321 Å². The number of fused-ring (bicyclic) bond motifs is 5. The average molecular weight is 755 g/mol. The van der Waals surface area contributed by atoms with Gasteiger partial charge in [-0.15, -0.1) is 0 Å². The molecule has 1 N–H and O–H groups in total. The summed E-state index contributed by atoms with van der Waals surface area (Å²) in [5.41, 5.74) is 3.17. The molecule has 4 aliphatic rings. The van der Waals surface area contributed by atoms with Crippen molar-refractivity contribution in [3.8, 4) is 11.5 Å². The molecule has 4 aromatic carbocycles. The van der Waals surface area contributed by atoms with Gasteiger partial charge in [0.15, 0.2) is 0 Å². The molecule has 3 fully saturated rings. The summed E-state index contributed by atoms with van der Waals surface area (Å²) in [6, 6.07) is 30.5. The highest BCUT2D eigenvalue weighted by Gasteiger charge is 2.59. The third-order valence-electron chi connectivity index (χ3n) is 12.4. The van der Waals surface area contributed by atoms with E-state index >= 15 is 0 Å². The number of morpholine rings is 1. The highest BCUT2D eigenvalue weighted by molar-refractivity contribution is 5.93. The minimum Gasteiger partial charge on any atom is -0.490 e. The molecule has 6 atom stereocenters. The Morgan fingerprint density at radius 3 is 2.31 bits per heavy atom. The Morgan fingerprint density at radius 2 is 1.58 bits per heavy atom. The summed E-state index contributed by atoms with van der Waals surface area (Å²) >= 11 is 0. The van der Waals surface area contributed by atoms with Crippen molar-refractivity contribution in [2.24, 2.45) is 17.3 Å². The fraction of sp³-hybridized carbons (Fsp3) is 0.444. The highest BCUT2D eigenvalue weighted by atomic mass is 19.4. The fourth-order valence-corrected chi connectivity index (χ4v) is 9.82. The summed E-state index contributed by atoms with van der Waals surface area (Å²) in [5.74, 6) is 1.09. The molecule has 1 heterocycles. The predicted octanol–water partition coefficient (Wildman–Crippen LogP) is 9.05. The number of carbonyl (C=O) groups is 1. The van der Waals surface area contributed by atoms with Crippen molar-refractivity contribution < 1.29 is 36.9 Å². The molecular weight excluding hydrogens is 705 g/mol. The van der Waals surface area contributed by atoms with Gasteiger partial charge in [-0.25, -0.2) is 0 Å². The summed E-state index contributed by atoms with van der Waals surface area (Å²) in [6.07, 6.45) is -0.654. The molecule has 4 aromatic rings. The summed E-state index contributed by atoms with van der Waals surface area (Å²) in [7, 11) is 0. The number of amides is 1. The molecule has 0 radical (unpaired) electrons. The number of hydrogen-bond acceptors (Lipinski definition) is 6. The smallest absolute Gasteiger partial charge is 0.418 e. The Balaban J connectivity index is 1.08. The number of aryl methyl sites for hydroxylation is 1. The molecule has 0 spiro atoms. The topological polar surface area (TPSA) is 69.3 Å². The van der Waals surface area contributed by atoms with E-state index in [2.05, 4.69) is 36.5 Å². The molecule has 0 aromatic heterocycles. The standard InChI is InChI=1S/C45H49F3N2O5/c1-44-26-40(55-34-14-18-39(38(25-34)45(46,47)48)49-42(51)27-50-20-22-52-23-21-50)43-35-16-13-33(53-28-30-8-4-2-5-9-30)24-32(35)12-15-36(43)37(44)17-19-41(44)54-29-31-10-6-3-7-11-31/h2-11,13-14,16,18,24-25,36-37,40-41,43H,12,15,17,19-23,26-29H2,1H3,(H,49,51)/t36-,37-,40-,41-,43+,44-/m0/s1. The maximum Gasteiger partial charge on any atom is 0.418 e. The summed E-state index contributed by atoms with van der Waals surface area (Å²) < 4.78 is 69.0. The van der Waals surface area contributed by atoms with Crippen molar-refractivity contribution in [1.29, 1.82) is 0 Å². The molecule has 1 amide bonds. The van der Waals surface area contributed by atoms with E-state index in [9.17, 15) is 18.0 Å². The van der Waals surface area contributed by atoms with Crippen LogP contribution in [-0.2, 0) is 40.1 Å². The van der Waals surface area contributed by atoms with E-state index in [4.69, 9.17) is 18.9 Å². The van der Waals surface area contributed by atoms with Gasteiger partial charge >= 0.3 is 6.18 Å². The zero-order chi connectivity index (χ0) is 38.0. The van der Waals surface area contributed by atoms with Crippen LogP contribution in [0.1, 0.15) is 66.3 Å². The van der Waals surface area contributed by atoms with E-state index in [1.807, 2.05) is 59.5 Å². The number of ether oxygens (including phenoxy) is 4. The van der Waals surface area contributed by atoms with Crippen LogP contribution in [-0.4, -0.2) is 55.9 Å². The van der Waals surface area contributed by atoms with E-state index in [-0.39, 0.29) is 41.3 Å². The Bertz CT molecular complexity index is 1940. The van der Waals surface area contributed by atoms with Gasteiger partial charge in [0.05, 0.1) is 43.7 Å². The molecule has 2 saturated carbocycles. The number of hydrogen-bond donors (Lipinski definition) is 1. The normalized spacial score (nSPS) is 26.4. The van der Waals surface area contributed by atoms with E-state index in [1.165, 1.54) is 17.2 Å². The number of benzene rings is 4. The molecule has 0 bridgehead atoms. The molecular formula is C45H49F3N2O5. The van der Waals surface area contributed by atoms with Gasteiger partial charge in [-0.3, -0.25) is 9.69 Å². The van der Waals surface area contributed by atoms with Crippen molar-refractivity contribution >= 4 is 11.6 Å². The number of halogens is 3. The molecule has 7 nitrogen and oxygen atoms in total. The van der Waals surface area contributed by atoms with Crippen molar-refractivity contribution in [3.05, 3.63) is 125 Å². The second-order valence-electron chi connectivity index (χ2n) is 15.8. The molecule has 290 valence electrons. The van der Waals surface area contributed by atoms with E-state index in [1.54, 1.807) is 6.07 Å². The van der Waals surface area contributed by atoms with Crippen molar-refractivity contribution in [1.82, 2.24) is 4.90 Å². The molecule has 55 heavy (non-hydrogen) atoms. The zero-order valence-corrected chi connectivity index (χ0v) is 31.2. The monoisotopic (exact) mass is 754 g/mol. The van der Waals surface area contributed by atoms with Crippen molar-refractivity contribution in [2.45, 2.75) is 76.5 Å². The summed E-state index contributed by atoms with van der Waals surface area (Å²) in [6.45, 7) is 5.36. The molecule has 1 aliphatic heterocycles. The van der Waals surface area contributed by atoms with Crippen LogP contribution in [0.15, 0.2) is 97.1 Å². The minimum absolute atomic E-state index is 0.00424. The second-order valence-corrected chi connectivity index (χ2v) is 15.8. The van der Waals surface area contributed by atoms with Crippen LogP contribution in [0.25, 0.3) is 0 Å². The van der Waals surface area contributed by atoms with Gasteiger partial charge in [-0.2, -0.15) is 13.2 Å². The largest absolute Gasteiger partial charge is 0.490 e. The third-order valence-corrected chi connectivity index (χ3v) is 12.4. The number of anilines is 1. The van der Waals surface area contributed by atoms with E-state index in [0.29, 0.717) is 51.9 Å². The SMILES string of the molecule is C[C@]12C[C@H](Oc3ccc(NC(=O)CN4CCOCC4)c(C(F)(F)F)c3)[C@@H]3c4ccc(OCc5ccccc5)cc4CC[C@H]3[C@@H]1CC[C@@H]2OCc1ccccc1. The minimum atomic E-state index is -4.71. The maximum absolute atomic E-state index is 14.6. The van der Waals surface area contributed by atoms with Crippen molar-refractivity contribution in [2.75, 3.05) is 38.2 Å². The van der Waals surface area contributed by atoms with Gasteiger partial charge in [-0.05, 0) is 96.5 Å². The Kier molecular flexibility index (Phi) is 10.9. The van der Waals surface area contributed by atoms with Crippen LogP contribution < -0.4 is 14.8 Å². The van der Waals surface area contributed by atoms with Crippen LogP contribution in [0.3, 0.4) is 0 Å². The second kappa shape index (κ2) is 16.0. The number of carbonyl (C=O) groups excluding carboxylic acids is 1. The lowest BCUT2D eigenvalue weighted by Crippen LogP contribution is -2.52. The third kappa shape index (κ3) is 8.27. The molecule has 3 aliphatic carbocycles. The Morgan fingerprint density at radius 1 is 0.873 bits per heavy atom. The van der Waals surface area contributed by atoms with Gasteiger partial charge in [0, 0.05) is 24.4 Å². The van der Waals surface area contributed by atoms with Gasteiger partial charge < -0.3 is 24.3 Å². The van der Waals surface area contributed by atoms with E-state index in [0.717, 1.165) is 48.6 Å². The lowest BCUT2D eigenvalue weighted by molar-refractivity contribution is -0.137. The van der Waals surface area contributed by atoms with Crippen LogP contribution in [0, 0.1) is 17.3 Å². The first-order chi connectivity index (χ1) is 26.6. The van der Waals surface area contributed by atoms with E-state index < -0.39 is 23.8 Å². The predicted molar refractivity (Wildman–Crippen MR) is 204 cm³/mol. The number of nitrogens with zero attached hydrogens (tertiary/aromatic N) is 1. The first-order valence-corrected chi connectivity index (χ1v) is 19.6. The molecule has 10 heteroatoms. The van der Waals surface area contributed by atoms with Crippen LogP contribution in [0.2, 0.25) is 0 Å². The maximum atomic E-state index is 14.6. The van der Waals surface area contributed by atoms with Gasteiger partial charge in [0.25, 0.3) is 0 Å². The molecule has 0 unspecified atom stereocenters. The quantitative estimate of drug-likeness (QED) is 0.165. The van der Waals surface area contributed by atoms with Crippen LogP contribution in [0.4, 0.5) is 18.9 Å². The summed E-state index contributed by atoms with van der Waals surface area (Å²) in [4.78, 5) is 14.7. The van der Waals surface area contributed by atoms with Crippen molar-refractivity contribution in [3.63, 3.8) is 0 Å². The fourth-order valence-electron chi connectivity index (χ4n) is 9.82. The summed E-state index contributed by atoms with van der Waals surface area (Å²) in [5, 5.41) is 2.52. The average Bonchev–Trinajstić information content (AvgIpc) is 3.52. The highest BCUT2D eigenvalue weighted by Crippen LogP contribution is 2.62.